The Hall–Kier alpha value is -1.91. The van der Waals surface area contributed by atoms with Gasteiger partial charge in [-0.1, -0.05) is 20.8 Å². The molecule has 0 bridgehead atoms. The summed E-state index contributed by atoms with van der Waals surface area (Å²) in [6.45, 7) is 9.20. The second kappa shape index (κ2) is 5.38. The average molecular weight is 259 g/mol. The Labute approximate surface area is 113 Å². The van der Waals surface area contributed by atoms with Crippen LogP contribution in [0.25, 0.3) is 11.4 Å². The molecule has 0 spiro atoms. The highest BCUT2D eigenvalue weighted by molar-refractivity contribution is 5.57. The number of rotatable bonds is 4. The lowest BCUT2D eigenvalue weighted by Gasteiger charge is -2.12. The van der Waals surface area contributed by atoms with Crippen LogP contribution in [0.5, 0.6) is 0 Å². The minimum absolute atomic E-state index is 0.330. The van der Waals surface area contributed by atoms with E-state index in [4.69, 9.17) is 5.73 Å². The van der Waals surface area contributed by atoms with Crippen LogP contribution in [0.15, 0.2) is 12.4 Å². The molecule has 5 nitrogen and oxygen atoms in total. The maximum Gasteiger partial charge on any atom is 0.164 e. The van der Waals surface area contributed by atoms with E-state index in [-0.39, 0.29) is 0 Å². The third-order valence-corrected chi connectivity index (χ3v) is 3.09. The molecule has 0 saturated carbocycles. The number of hydrogen-bond donors (Lipinski definition) is 1. The summed E-state index contributed by atoms with van der Waals surface area (Å²) in [5.41, 5.74) is 8.94. The van der Waals surface area contributed by atoms with Crippen LogP contribution in [-0.2, 0) is 6.54 Å². The average Bonchev–Trinajstić information content (AvgIpc) is 2.76. The smallest absolute Gasteiger partial charge is 0.164 e. The second-order valence-corrected chi connectivity index (χ2v) is 5.08. The molecule has 5 heteroatoms. The highest BCUT2D eigenvalue weighted by Gasteiger charge is 2.14. The minimum atomic E-state index is 0.330. The first-order valence-electron chi connectivity index (χ1n) is 6.69. The Morgan fingerprint density at radius 1 is 1.32 bits per heavy atom. The first kappa shape index (κ1) is 13.5. The fourth-order valence-electron chi connectivity index (χ4n) is 2.28. The maximum absolute atomic E-state index is 6.05. The van der Waals surface area contributed by atoms with Gasteiger partial charge < -0.3 is 5.73 Å². The quantitative estimate of drug-likeness (QED) is 0.916. The molecule has 0 unspecified atom stereocenters. The summed E-state index contributed by atoms with van der Waals surface area (Å²) in [5.74, 6) is 1.55. The Morgan fingerprint density at radius 2 is 2.05 bits per heavy atom. The number of nitrogen functional groups attached to an aromatic ring is 1. The molecule has 0 amide bonds. The van der Waals surface area contributed by atoms with E-state index in [2.05, 4.69) is 35.8 Å². The molecular weight excluding hydrogens is 238 g/mol. The van der Waals surface area contributed by atoms with Crippen LogP contribution in [0.2, 0.25) is 0 Å². The van der Waals surface area contributed by atoms with Crippen LogP contribution < -0.4 is 5.73 Å². The molecule has 0 aliphatic carbocycles. The Morgan fingerprint density at radius 3 is 2.63 bits per heavy atom. The molecule has 0 aromatic carbocycles. The first-order valence-corrected chi connectivity index (χ1v) is 6.69. The van der Waals surface area contributed by atoms with Gasteiger partial charge in [0, 0.05) is 24.0 Å². The molecule has 0 atom stereocenters. The molecule has 2 N–H and O–H groups in total. The van der Waals surface area contributed by atoms with Crippen molar-refractivity contribution in [3.05, 3.63) is 23.7 Å². The monoisotopic (exact) mass is 259 g/mol. The number of anilines is 1. The van der Waals surface area contributed by atoms with Crippen molar-refractivity contribution < 1.29 is 0 Å². The van der Waals surface area contributed by atoms with Crippen molar-refractivity contribution in [1.29, 1.82) is 0 Å². The highest BCUT2D eigenvalue weighted by atomic mass is 15.3. The van der Waals surface area contributed by atoms with E-state index in [1.165, 1.54) is 0 Å². The fourth-order valence-corrected chi connectivity index (χ4v) is 2.28. The zero-order valence-electron chi connectivity index (χ0n) is 12.0. The summed E-state index contributed by atoms with van der Waals surface area (Å²) < 4.78 is 1.90. The fraction of sp³-hybridized carbons (Fsp3) is 0.500. The SMILES string of the molecule is CCCn1cc(-c2nc(C)c(C(C)C)c(N)n2)cn1. The standard InChI is InChI=1S/C14H21N5/c1-5-6-19-8-11(7-16-19)14-17-10(4)12(9(2)3)13(15)18-14/h7-9H,5-6H2,1-4H3,(H2,15,17,18). The molecule has 2 aromatic rings. The van der Waals surface area contributed by atoms with E-state index in [1.807, 2.05) is 17.8 Å². The molecule has 0 fully saturated rings. The molecule has 2 aromatic heterocycles. The van der Waals surface area contributed by atoms with E-state index >= 15 is 0 Å². The number of aryl methyl sites for hydroxylation is 2. The van der Waals surface area contributed by atoms with Crippen molar-refractivity contribution in [1.82, 2.24) is 19.7 Å². The van der Waals surface area contributed by atoms with E-state index in [0.717, 1.165) is 29.8 Å². The Bertz CT molecular complexity index is 548. The van der Waals surface area contributed by atoms with Crippen LogP contribution in [0, 0.1) is 6.92 Å². The van der Waals surface area contributed by atoms with Crippen molar-refractivity contribution in [3.63, 3.8) is 0 Å². The third-order valence-electron chi connectivity index (χ3n) is 3.09. The summed E-state index contributed by atoms with van der Waals surface area (Å²) in [4.78, 5) is 8.97. The van der Waals surface area contributed by atoms with Gasteiger partial charge in [-0.3, -0.25) is 4.68 Å². The molecule has 102 valence electrons. The number of nitrogens with two attached hydrogens (primary N) is 1. The van der Waals surface area contributed by atoms with Gasteiger partial charge in [-0.25, -0.2) is 9.97 Å². The molecule has 2 heterocycles. The van der Waals surface area contributed by atoms with Crippen LogP contribution in [0.4, 0.5) is 5.82 Å². The van der Waals surface area contributed by atoms with E-state index < -0.39 is 0 Å². The number of hydrogen-bond acceptors (Lipinski definition) is 4. The van der Waals surface area contributed by atoms with Crippen molar-refractivity contribution in [3.8, 4) is 11.4 Å². The summed E-state index contributed by atoms with van der Waals surface area (Å²) in [6.07, 6.45) is 4.81. The molecule has 0 aliphatic rings. The van der Waals surface area contributed by atoms with Crippen LogP contribution in [0.1, 0.15) is 44.4 Å². The van der Waals surface area contributed by atoms with Crippen molar-refractivity contribution >= 4 is 5.82 Å². The summed E-state index contributed by atoms with van der Waals surface area (Å²) in [7, 11) is 0. The zero-order chi connectivity index (χ0) is 14.0. The van der Waals surface area contributed by atoms with E-state index in [1.54, 1.807) is 6.20 Å². The summed E-state index contributed by atoms with van der Waals surface area (Å²) in [5, 5.41) is 4.30. The Kier molecular flexibility index (Phi) is 3.83. The molecule has 0 radical (unpaired) electrons. The highest BCUT2D eigenvalue weighted by Crippen LogP contribution is 2.25. The van der Waals surface area contributed by atoms with Gasteiger partial charge >= 0.3 is 0 Å². The van der Waals surface area contributed by atoms with Gasteiger partial charge in [0.15, 0.2) is 5.82 Å². The predicted octanol–water partition coefficient (Wildman–Crippen LogP) is 2.76. The lowest BCUT2D eigenvalue weighted by atomic mass is 10.0. The van der Waals surface area contributed by atoms with Gasteiger partial charge in [0.05, 0.1) is 11.8 Å². The van der Waals surface area contributed by atoms with Crippen molar-refractivity contribution in [2.45, 2.75) is 46.6 Å². The predicted molar refractivity (Wildman–Crippen MR) is 76.8 cm³/mol. The van der Waals surface area contributed by atoms with Gasteiger partial charge in [0.1, 0.15) is 5.82 Å². The lowest BCUT2D eigenvalue weighted by Crippen LogP contribution is -2.06. The third kappa shape index (κ3) is 2.75. The lowest BCUT2D eigenvalue weighted by molar-refractivity contribution is 0.603. The van der Waals surface area contributed by atoms with Crippen LogP contribution in [-0.4, -0.2) is 19.7 Å². The largest absolute Gasteiger partial charge is 0.383 e. The molecule has 19 heavy (non-hydrogen) atoms. The second-order valence-electron chi connectivity index (χ2n) is 5.08. The van der Waals surface area contributed by atoms with Crippen molar-refractivity contribution in [2.24, 2.45) is 0 Å². The van der Waals surface area contributed by atoms with Crippen LogP contribution in [0.3, 0.4) is 0 Å². The van der Waals surface area contributed by atoms with Gasteiger partial charge in [0.25, 0.3) is 0 Å². The topological polar surface area (TPSA) is 69.6 Å². The molecule has 0 aliphatic heterocycles. The normalized spacial score (nSPS) is 11.2. The molecule has 2 rings (SSSR count). The summed E-state index contributed by atoms with van der Waals surface area (Å²) in [6, 6.07) is 0. The van der Waals surface area contributed by atoms with Crippen LogP contribution >= 0.6 is 0 Å². The van der Waals surface area contributed by atoms with E-state index in [9.17, 15) is 0 Å². The minimum Gasteiger partial charge on any atom is -0.383 e. The molecular formula is C14H21N5. The van der Waals surface area contributed by atoms with Gasteiger partial charge in [-0.05, 0) is 19.3 Å². The van der Waals surface area contributed by atoms with Gasteiger partial charge in [-0.2, -0.15) is 5.10 Å². The summed E-state index contributed by atoms with van der Waals surface area (Å²) >= 11 is 0. The van der Waals surface area contributed by atoms with E-state index in [0.29, 0.717) is 17.6 Å². The number of nitrogens with zero attached hydrogens (tertiary/aromatic N) is 4. The first-order chi connectivity index (χ1) is 9.02. The van der Waals surface area contributed by atoms with Gasteiger partial charge in [0.2, 0.25) is 0 Å². The zero-order valence-corrected chi connectivity index (χ0v) is 12.0. The Balaban J connectivity index is 2.40. The molecule has 0 saturated heterocycles. The number of aromatic nitrogens is 4. The maximum atomic E-state index is 6.05. The van der Waals surface area contributed by atoms with Crippen molar-refractivity contribution in [2.75, 3.05) is 5.73 Å². The van der Waals surface area contributed by atoms with Gasteiger partial charge in [-0.15, -0.1) is 0 Å².